The van der Waals surface area contributed by atoms with Gasteiger partial charge in [0.25, 0.3) is 5.91 Å². The number of carbonyl (C=O) groups excluding carboxylic acids is 2. The summed E-state index contributed by atoms with van der Waals surface area (Å²) in [5, 5.41) is 0.318. The molecule has 3 rings (SSSR count). The fraction of sp³-hybridized carbons (Fsp3) is 0.167. The van der Waals surface area contributed by atoms with Crippen LogP contribution in [0, 0.1) is 11.6 Å². The molecule has 0 spiro atoms. The normalized spacial score (nSPS) is 10.9. The Balaban J connectivity index is 2.05. The lowest BCUT2D eigenvalue weighted by molar-refractivity contribution is 0.0996. The van der Waals surface area contributed by atoms with E-state index in [2.05, 4.69) is 9.97 Å². The number of aromatic amines is 1. The zero-order valence-electron chi connectivity index (χ0n) is 14.2. The second-order valence-corrected chi connectivity index (χ2v) is 5.59. The van der Waals surface area contributed by atoms with Gasteiger partial charge in [0, 0.05) is 24.3 Å². The van der Waals surface area contributed by atoms with E-state index in [0.29, 0.717) is 23.4 Å². The summed E-state index contributed by atoms with van der Waals surface area (Å²) in [5.41, 5.74) is 3.95. The fourth-order valence-electron chi connectivity index (χ4n) is 2.58. The molecule has 0 saturated carbocycles. The number of carbonyl (C=O) groups is 2. The first kappa shape index (κ1) is 18.5. The first-order chi connectivity index (χ1) is 12.9. The number of nitrogens with one attached hydrogen (secondary N) is 1. The van der Waals surface area contributed by atoms with Crippen molar-refractivity contribution in [2.24, 2.45) is 5.73 Å². The number of aromatic nitrogens is 2. The Morgan fingerprint density at radius 3 is 2.70 bits per heavy atom. The SMILES string of the molecule is COCCOc1cnc2[nH]cc(C(=O)c3c(F)ccc(C(N)=O)c3F)c2c1. The third-order valence-corrected chi connectivity index (χ3v) is 3.89. The van der Waals surface area contributed by atoms with Gasteiger partial charge in [0.15, 0.2) is 0 Å². The number of amides is 1. The molecule has 9 heteroatoms. The molecule has 1 amide bonds. The highest BCUT2D eigenvalue weighted by Gasteiger charge is 2.25. The average molecular weight is 375 g/mol. The van der Waals surface area contributed by atoms with Crippen LogP contribution < -0.4 is 10.5 Å². The summed E-state index contributed by atoms with van der Waals surface area (Å²) in [4.78, 5) is 30.9. The molecule has 7 nitrogen and oxygen atoms in total. The molecule has 0 saturated heterocycles. The topological polar surface area (TPSA) is 107 Å². The van der Waals surface area contributed by atoms with Gasteiger partial charge < -0.3 is 20.2 Å². The minimum Gasteiger partial charge on any atom is -0.490 e. The molecule has 2 heterocycles. The Morgan fingerprint density at radius 1 is 1.22 bits per heavy atom. The lowest BCUT2D eigenvalue weighted by Crippen LogP contribution is -2.17. The van der Waals surface area contributed by atoms with Crippen LogP contribution in [0.2, 0.25) is 0 Å². The maximum Gasteiger partial charge on any atom is 0.251 e. The molecule has 0 aliphatic carbocycles. The van der Waals surface area contributed by atoms with Crippen LogP contribution in [0.15, 0.2) is 30.6 Å². The van der Waals surface area contributed by atoms with E-state index in [1.54, 1.807) is 0 Å². The predicted molar refractivity (Wildman–Crippen MR) is 91.8 cm³/mol. The first-order valence-electron chi connectivity index (χ1n) is 7.85. The number of primary amides is 1. The maximum atomic E-state index is 14.5. The van der Waals surface area contributed by atoms with Gasteiger partial charge in [0.2, 0.25) is 5.78 Å². The Kier molecular flexibility index (Phi) is 5.13. The van der Waals surface area contributed by atoms with Crippen LogP contribution in [0.25, 0.3) is 11.0 Å². The lowest BCUT2D eigenvalue weighted by atomic mass is 9.99. The monoisotopic (exact) mass is 375 g/mol. The Hall–Kier alpha value is -3.33. The summed E-state index contributed by atoms with van der Waals surface area (Å²) < 4.78 is 39.0. The number of hydrogen-bond acceptors (Lipinski definition) is 5. The molecule has 3 aromatic rings. The Morgan fingerprint density at radius 2 is 2.00 bits per heavy atom. The third kappa shape index (κ3) is 3.49. The number of benzene rings is 1. The van der Waals surface area contributed by atoms with Crippen LogP contribution in [0.1, 0.15) is 26.3 Å². The zero-order valence-corrected chi connectivity index (χ0v) is 14.2. The van der Waals surface area contributed by atoms with Crippen LogP contribution >= 0.6 is 0 Å². The van der Waals surface area contributed by atoms with E-state index in [1.807, 2.05) is 0 Å². The molecule has 3 N–H and O–H groups in total. The van der Waals surface area contributed by atoms with Crippen molar-refractivity contribution in [1.82, 2.24) is 9.97 Å². The number of ether oxygens (including phenoxy) is 2. The summed E-state index contributed by atoms with van der Waals surface area (Å²) in [5.74, 6) is -4.09. The van der Waals surface area contributed by atoms with Crippen molar-refractivity contribution in [3.05, 3.63) is 58.9 Å². The summed E-state index contributed by atoms with van der Waals surface area (Å²) in [6, 6.07) is 3.24. The molecule has 0 bridgehead atoms. The second kappa shape index (κ2) is 7.50. The van der Waals surface area contributed by atoms with E-state index >= 15 is 0 Å². The molecular weight excluding hydrogens is 360 g/mol. The van der Waals surface area contributed by atoms with E-state index in [9.17, 15) is 18.4 Å². The molecule has 140 valence electrons. The highest BCUT2D eigenvalue weighted by Crippen LogP contribution is 2.26. The van der Waals surface area contributed by atoms with Crippen molar-refractivity contribution < 1.29 is 27.8 Å². The van der Waals surface area contributed by atoms with Gasteiger partial charge in [-0.2, -0.15) is 0 Å². The predicted octanol–water partition coefficient (Wildman–Crippen LogP) is 2.20. The minimum atomic E-state index is -1.30. The quantitative estimate of drug-likeness (QED) is 0.486. The number of rotatable bonds is 7. The van der Waals surface area contributed by atoms with Crippen molar-refractivity contribution in [3.63, 3.8) is 0 Å². The summed E-state index contributed by atoms with van der Waals surface area (Å²) in [6.07, 6.45) is 2.73. The highest BCUT2D eigenvalue weighted by atomic mass is 19.1. The smallest absolute Gasteiger partial charge is 0.251 e. The fourth-order valence-corrected chi connectivity index (χ4v) is 2.58. The molecule has 1 aromatic carbocycles. The van der Waals surface area contributed by atoms with Crippen LogP contribution in [0.5, 0.6) is 5.75 Å². The first-order valence-corrected chi connectivity index (χ1v) is 7.85. The van der Waals surface area contributed by atoms with Gasteiger partial charge >= 0.3 is 0 Å². The van der Waals surface area contributed by atoms with Crippen molar-refractivity contribution >= 4 is 22.7 Å². The maximum absolute atomic E-state index is 14.5. The average Bonchev–Trinajstić information content (AvgIpc) is 3.04. The Labute approximate surface area is 152 Å². The molecular formula is C18H15F2N3O4. The number of H-pyrrole nitrogens is 1. The molecule has 0 fully saturated rings. The lowest BCUT2D eigenvalue weighted by Gasteiger charge is -2.07. The minimum absolute atomic E-state index is 0.0193. The van der Waals surface area contributed by atoms with Gasteiger partial charge in [0.05, 0.1) is 23.9 Å². The van der Waals surface area contributed by atoms with Gasteiger partial charge in [-0.3, -0.25) is 9.59 Å². The molecule has 2 aromatic heterocycles. The van der Waals surface area contributed by atoms with E-state index in [1.165, 1.54) is 25.6 Å². The van der Waals surface area contributed by atoms with Crippen molar-refractivity contribution in [2.45, 2.75) is 0 Å². The van der Waals surface area contributed by atoms with Crippen LogP contribution in [-0.2, 0) is 4.74 Å². The third-order valence-electron chi connectivity index (χ3n) is 3.89. The van der Waals surface area contributed by atoms with E-state index in [4.69, 9.17) is 15.2 Å². The summed E-state index contributed by atoms with van der Waals surface area (Å²) in [6.45, 7) is 0.620. The standard InChI is InChI=1S/C18H15F2N3O4/c1-26-4-5-27-9-6-11-12(8-23-18(11)22-7-9)16(24)14-13(19)3-2-10(15(14)20)17(21)25/h2-3,6-8H,4-5H2,1H3,(H2,21,25)(H,22,23). The number of hydrogen-bond donors (Lipinski definition) is 2. The number of nitrogens with zero attached hydrogens (tertiary/aromatic N) is 1. The van der Waals surface area contributed by atoms with Gasteiger partial charge in [-0.1, -0.05) is 0 Å². The molecule has 0 aliphatic rings. The van der Waals surface area contributed by atoms with E-state index in [0.717, 1.165) is 12.1 Å². The van der Waals surface area contributed by atoms with Gasteiger partial charge in [-0.25, -0.2) is 13.8 Å². The summed E-state index contributed by atoms with van der Waals surface area (Å²) >= 11 is 0. The van der Waals surface area contributed by atoms with E-state index in [-0.39, 0.29) is 12.2 Å². The number of methoxy groups -OCH3 is 1. The largest absolute Gasteiger partial charge is 0.490 e. The number of pyridine rings is 1. The number of ketones is 1. The van der Waals surface area contributed by atoms with Crippen molar-refractivity contribution in [2.75, 3.05) is 20.3 Å². The zero-order chi connectivity index (χ0) is 19.6. The van der Waals surface area contributed by atoms with E-state index < -0.39 is 34.5 Å². The number of fused-ring (bicyclic) bond motifs is 1. The van der Waals surface area contributed by atoms with Crippen LogP contribution in [0.4, 0.5) is 8.78 Å². The molecule has 27 heavy (non-hydrogen) atoms. The van der Waals surface area contributed by atoms with Gasteiger partial charge in [-0.05, 0) is 18.2 Å². The molecule has 0 aliphatic heterocycles. The van der Waals surface area contributed by atoms with Crippen LogP contribution in [-0.4, -0.2) is 42.0 Å². The number of nitrogens with two attached hydrogens (primary N) is 1. The van der Waals surface area contributed by atoms with Crippen LogP contribution in [0.3, 0.4) is 0 Å². The highest BCUT2D eigenvalue weighted by molar-refractivity contribution is 6.17. The van der Waals surface area contributed by atoms with Gasteiger partial charge in [-0.15, -0.1) is 0 Å². The van der Waals surface area contributed by atoms with Crippen molar-refractivity contribution in [3.8, 4) is 5.75 Å². The van der Waals surface area contributed by atoms with Crippen molar-refractivity contribution in [1.29, 1.82) is 0 Å². The number of halogens is 2. The molecule has 0 atom stereocenters. The Bertz CT molecular complexity index is 1030. The molecule has 0 unspecified atom stereocenters. The second-order valence-electron chi connectivity index (χ2n) is 5.59. The van der Waals surface area contributed by atoms with Gasteiger partial charge in [0.1, 0.15) is 29.6 Å². The summed E-state index contributed by atoms with van der Waals surface area (Å²) in [7, 11) is 1.52. The molecule has 0 radical (unpaired) electrons.